The van der Waals surface area contributed by atoms with Gasteiger partial charge in [0.1, 0.15) is 11.7 Å². The number of rotatable bonds is 13. The maximum absolute atomic E-state index is 15.0. The zero-order valence-corrected chi connectivity index (χ0v) is 22.7. The van der Waals surface area contributed by atoms with Gasteiger partial charge in [-0.1, -0.05) is 54.4 Å². The standard InChI is InChI=1S/C30H37ClF2N2O3/c1-3-17-30(32,33)27(23-11-6-5-7-12-23)29(37)35-18-15-22(16-19-35)10-8-9-20-38-24-13-14-25(26(31)21-24)28(36)34-4-2/h3,5-7,11-14,21-22,27H,1,4,8-10,15-20H2,2H3,(H,34,36)/t27-/m0/s1. The van der Waals surface area contributed by atoms with Crippen molar-refractivity contribution in [2.45, 2.75) is 57.3 Å². The molecule has 0 saturated carbocycles. The molecule has 1 atom stereocenters. The first-order chi connectivity index (χ1) is 18.3. The minimum atomic E-state index is -3.19. The first kappa shape index (κ1) is 29.6. The Hall–Kier alpha value is -2.93. The molecular weight excluding hydrogens is 510 g/mol. The topological polar surface area (TPSA) is 58.6 Å². The van der Waals surface area contributed by atoms with E-state index < -0.39 is 24.2 Å². The molecule has 1 heterocycles. The van der Waals surface area contributed by atoms with Crippen LogP contribution in [0.5, 0.6) is 5.75 Å². The summed E-state index contributed by atoms with van der Waals surface area (Å²) in [4.78, 5) is 26.8. The fourth-order valence-corrected chi connectivity index (χ4v) is 5.15. The summed E-state index contributed by atoms with van der Waals surface area (Å²) < 4.78 is 35.7. The van der Waals surface area contributed by atoms with Crippen LogP contribution in [0.1, 0.15) is 67.3 Å². The van der Waals surface area contributed by atoms with Crippen LogP contribution in [0, 0.1) is 5.92 Å². The SMILES string of the molecule is C=CCC(F)(F)[C@H](C(=O)N1CCC(CCCCOc2ccc(C(=O)NCC)c(Cl)c2)CC1)c1ccccc1. The molecule has 5 nitrogen and oxygen atoms in total. The number of likely N-dealkylation sites (tertiary alicyclic amines) is 1. The highest BCUT2D eigenvalue weighted by Crippen LogP contribution is 2.39. The van der Waals surface area contributed by atoms with Crippen LogP contribution in [0.2, 0.25) is 5.02 Å². The highest BCUT2D eigenvalue weighted by molar-refractivity contribution is 6.34. The molecule has 2 amide bonds. The number of amides is 2. The highest BCUT2D eigenvalue weighted by atomic mass is 35.5. The molecule has 0 bridgehead atoms. The van der Waals surface area contributed by atoms with E-state index in [1.54, 1.807) is 53.4 Å². The number of benzene rings is 2. The van der Waals surface area contributed by atoms with E-state index in [0.29, 0.717) is 54.1 Å². The molecule has 1 aliphatic heterocycles. The number of alkyl halides is 2. The van der Waals surface area contributed by atoms with Crippen LogP contribution < -0.4 is 10.1 Å². The predicted octanol–water partition coefficient (Wildman–Crippen LogP) is 6.87. The number of carbonyl (C=O) groups is 2. The summed E-state index contributed by atoms with van der Waals surface area (Å²) in [5.74, 6) is -4.34. The third-order valence-corrected chi connectivity index (χ3v) is 7.26. The minimum absolute atomic E-state index is 0.210. The van der Waals surface area contributed by atoms with Gasteiger partial charge in [0.25, 0.3) is 11.8 Å². The number of nitrogens with one attached hydrogen (secondary N) is 1. The summed E-state index contributed by atoms with van der Waals surface area (Å²) in [7, 11) is 0. The number of hydrogen-bond acceptors (Lipinski definition) is 3. The molecule has 8 heteroatoms. The third kappa shape index (κ3) is 8.03. The van der Waals surface area contributed by atoms with Crippen molar-refractivity contribution >= 4 is 23.4 Å². The van der Waals surface area contributed by atoms with Crippen LogP contribution in [-0.2, 0) is 4.79 Å². The van der Waals surface area contributed by atoms with Gasteiger partial charge in [0.2, 0.25) is 5.91 Å². The molecule has 3 rings (SSSR count). The van der Waals surface area contributed by atoms with E-state index in [1.807, 2.05) is 6.92 Å². The van der Waals surface area contributed by atoms with Crippen LogP contribution in [0.4, 0.5) is 8.78 Å². The Morgan fingerprint density at radius 1 is 1.18 bits per heavy atom. The molecule has 1 N–H and O–H groups in total. The molecule has 1 saturated heterocycles. The van der Waals surface area contributed by atoms with Crippen LogP contribution in [-0.4, -0.2) is 48.9 Å². The van der Waals surface area contributed by atoms with E-state index in [0.717, 1.165) is 32.1 Å². The van der Waals surface area contributed by atoms with E-state index in [4.69, 9.17) is 16.3 Å². The zero-order valence-electron chi connectivity index (χ0n) is 21.9. The Morgan fingerprint density at radius 3 is 2.53 bits per heavy atom. The molecule has 38 heavy (non-hydrogen) atoms. The maximum atomic E-state index is 15.0. The lowest BCUT2D eigenvalue weighted by Gasteiger charge is -2.36. The molecule has 206 valence electrons. The molecule has 2 aromatic rings. The molecule has 1 aliphatic rings. The molecule has 2 aromatic carbocycles. The lowest BCUT2D eigenvalue weighted by Crippen LogP contribution is -2.45. The molecule has 0 aromatic heterocycles. The number of allylic oxidation sites excluding steroid dienone is 1. The summed E-state index contributed by atoms with van der Waals surface area (Å²) in [5, 5.41) is 3.08. The first-order valence-electron chi connectivity index (χ1n) is 13.3. The number of nitrogens with zero attached hydrogens (tertiary/aromatic N) is 1. The van der Waals surface area contributed by atoms with Gasteiger partial charge in [0.15, 0.2) is 0 Å². The van der Waals surface area contributed by atoms with Crippen molar-refractivity contribution in [1.29, 1.82) is 0 Å². The maximum Gasteiger partial charge on any atom is 0.267 e. The Bertz CT molecular complexity index is 1070. The molecule has 0 unspecified atom stereocenters. The minimum Gasteiger partial charge on any atom is -0.494 e. The fourth-order valence-electron chi connectivity index (χ4n) is 4.90. The first-order valence-corrected chi connectivity index (χ1v) is 13.7. The van der Waals surface area contributed by atoms with Gasteiger partial charge in [-0.3, -0.25) is 9.59 Å². The van der Waals surface area contributed by atoms with Gasteiger partial charge in [0.05, 0.1) is 17.2 Å². The Morgan fingerprint density at radius 2 is 1.89 bits per heavy atom. The van der Waals surface area contributed by atoms with Gasteiger partial charge in [-0.15, -0.1) is 6.58 Å². The summed E-state index contributed by atoms with van der Waals surface area (Å²) >= 11 is 6.22. The van der Waals surface area contributed by atoms with E-state index in [-0.39, 0.29) is 5.91 Å². The van der Waals surface area contributed by atoms with Crippen molar-refractivity contribution < 1.29 is 23.1 Å². The van der Waals surface area contributed by atoms with Crippen LogP contribution in [0.3, 0.4) is 0 Å². The fraction of sp³-hybridized carbons (Fsp3) is 0.467. The van der Waals surface area contributed by atoms with Gasteiger partial charge in [-0.05, 0) is 62.3 Å². The summed E-state index contributed by atoms with van der Waals surface area (Å²) in [6.07, 6.45) is 5.06. The average Bonchev–Trinajstić information content (AvgIpc) is 2.89. The van der Waals surface area contributed by atoms with E-state index in [2.05, 4.69) is 11.9 Å². The molecule has 0 spiro atoms. The highest BCUT2D eigenvalue weighted by Gasteiger charge is 2.46. The van der Waals surface area contributed by atoms with Crippen molar-refractivity contribution in [2.24, 2.45) is 5.92 Å². The van der Waals surface area contributed by atoms with Crippen LogP contribution in [0.25, 0.3) is 0 Å². The Kier molecular flexibility index (Phi) is 11.1. The van der Waals surface area contributed by atoms with Gasteiger partial charge < -0.3 is 15.0 Å². The smallest absolute Gasteiger partial charge is 0.267 e. The molecule has 0 radical (unpaired) electrons. The summed E-state index contributed by atoms with van der Waals surface area (Å²) in [6.45, 7) is 7.34. The van der Waals surface area contributed by atoms with Crippen molar-refractivity contribution in [3.63, 3.8) is 0 Å². The van der Waals surface area contributed by atoms with Crippen molar-refractivity contribution in [2.75, 3.05) is 26.2 Å². The van der Waals surface area contributed by atoms with Crippen molar-refractivity contribution in [3.8, 4) is 5.75 Å². The van der Waals surface area contributed by atoms with E-state index >= 15 is 0 Å². The lowest BCUT2D eigenvalue weighted by atomic mass is 9.87. The second kappa shape index (κ2) is 14.3. The normalized spacial score (nSPS) is 15.1. The van der Waals surface area contributed by atoms with Crippen molar-refractivity contribution in [1.82, 2.24) is 10.2 Å². The Balaban J connectivity index is 1.43. The quantitative estimate of drug-likeness (QED) is 0.220. The van der Waals surface area contributed by atoms with Gasteiger partial charge in [-0.2, -0.15) is 0 Å². The van der Waals surface area contributed by atoms with Gasteiger partial charge in [-0.25, -0.2) is 8.78 Å². The second-order valence-corrected chi connectivity index (χ2v) is 10.1. The van der Waals surface area contributed by atoms with Crippen molar-refractivity contribution in [3.05, 3.63) is 77.3 Å². The number of piperidine rings is 1. The molecule has 0 aliphatic carbocycles. The second-order valence-electron chi connectivity index (χ2n) is 9.71. The van der Waals surface area contributed by atoms with Crippen LogP contribution in [0.15, 0.2) is 61.2 Å². The third-order valence-electron chi connectivity index (χ3n) is 6.94. The number of halogens is 3. The van der Waals surface area contributed by atoms with E-state index in [9.17, 15) is 18.4 Å². The van der Waals surface area contributed by atoms with Gasteiger partial charge in [0, 0.05) is 26.1 Å². The van der Waals surface area contributed by atoms with Gasteiger partial charge >= 0.3 is 0 Å². The monoisotopic (exact) mass is 546 g/mol. The zero-order chi connectivity index (χ0) is 27.5. The molecular formula is C30H37ClF2N2O3. The average molecular weight is 547 g/mol. The number of unbranched alkanes of at least 4 members (excludes halogenated alkanes) is 1. The summed E-state index contributed by atoms with van der Waals surface area (Å²) in [5.41, 5.74) is 0.761. The predicted molar refractivity (Wildman–Crippen MR) is 147 cm³/mol. The lowest BCUT2D eigenvalue weighted by molar-refractivity contribution is -0.144. The number of hydrogen-bond donors (Lipinski definition) is 1. The molecule has 1 fully saturated rings. The van der Waals surface area contributed by atoms with E-state index in [1.165, 1.54) is 6.08 Å². The summed E-state index contributed by atoms with van der Waals surface area (Å²) in [6, 6.07) is 13.4. The number of ether oxygens (including phenoxy) is 1. The Labute approximate surface area is 229 Å². The van der Waals surface area contributed by atoms with Crippen LogP contribution >= 0.6 is 11.6 Å². The largest absolute Gasteiger partial charge is 0.494 e. The number of carbonyl (C=O) groups excluding carboxylic acids is 2.